The number of pyridine rings is 1. The van der Waals surface area contributed by atoms with E-state index in [0.29, 0.717) is 10.6 Å². The molecule has 0 saturated heterocycles. The zero-order chi connectivity index (χ0) is 18.6. The van der Waals surface area contributed by atoms with Gasteiger partial charge in [-0.3, -0.25) is 4.79 Å². The first-order valence-electron chi connectivity index (χ1n) is 7.20. The first kappa shape index (κ1) is 18.8. The Morgan fingerprint density at radius 3 is 2.72 bits per heavy atom. The standard InChI is InChI=1S/C17H14ClN3O3S/c1-9-3-4-12(8-19)16(20-9)25-10(2)15(22)21-14-7-11(17(23)24)5-6-13(14)18/h3-7,10H,1-2H3,(H,21,22)(H,23,24). The molecule has 1 amide bonds. The van der Waals surface area contributed by atoms with Gasteiger partial charge in [0.05, 0.1) is 27.1 Å². The van der Waals surface area contributed by atoms with Crippen molar-refractivity contribution in [3.63, 3.8) is 0 Å². The highest BCUT2D eigenvalue weighted by molar-refractivity contribution is 8.00. The van der Waals surface area contributed by atoms with Crippen LogP contribution in [0.2, 0.25) is 5.02 Å². The van der Waals surface area contributed by atoms with Crippen molar-refractivity contribution in [2.75, 3.05) is 5.32 Å². The molecule has 0 aliphatic heterocycles. The molecule has 1 unspecified atom stereocenters. The Balaban J connectivity index is 2.16. The van der Waals surface area contributed by atoms with E-state index in [1.54, 1.807) is 26.0 Å². The predicted molar refractivity (Wildman–Crippen MR) is 96.0 cm³/mol. The maximum Gasteiger partial charge on any atom is 0.335 e. The van der Waals surface area contributed by atoms with Crippen LogP contribution in [0.4, 0.5) is 5.69 Å². The Labute approximate surface area is 153 Å². The first-order valence-corrected chi connectivity index (χ1v) is 8.45. The van der Waals surface area contributed by atoms with Crippen LogP contribution in [0.1, 0.15) is 28.5 Å². The van der Waals surface area contributed by atoms with Gasteiger partial charge in [-0.05, 0) is 44.2 Å². The van der Waals surface area contributed by atoms with E-state index in [9.17, 15) is 9.59 Å². The topological polar surface area (TPSA) is 103 Å². The lowest BCUT2D eigenvalue weighted by Crippen LogP contribution is -2.23. The van der Waals surface area contributed by atoms with E-state index in [4.69, 9.17) is 22.0 Å². The molecule has 2 N–H and O–H groups in total. The minimum Gasteiger partial charge on any atom is -0.478 e. The molecule has 1 aromatic heterocycles. The number of carbonyl (C=O) groups excluding carboxylic acids is 1. The fourth-order valence-electron chi connectivity index (χ4n) is 1.92. The van der Waals surface area contributed by atoms with E-state index in [1.807, 2.05) is 6.07 Å². The molecule has 0 saturated carbocycles. The summed E-state index contributed by atoms with van der Waals surface area (Å²) in [7, 11) is 0. The lowest BCUT2D eigenvalue weighted by atomic mass is 10.2. The minimum absolute atomic E-state index is 0.0205. The van der Waals surface area contributed by atoms with E-state index in [2.05, 4.69) is 10.3 Å². The van der Waals surface area contributed by atoms with Gasteiger partial charge >= 0.3 is 5.97 Å². The average molecular weight is 376 g/mol. The minimum atomic E-state index is -1.11. The van der Waals surface area contributed by atoms with Crippen LogP contribution in [0.25, 0.3) is 0 Å². The molecule has 2 aromatic rings. The van der Waals surface area contributed by atoms with Crippen molar-refractivity contribution in [2.24, 2.45) is 0 Å². The van der Waals surface area contributed by atoms with Crippen LogP contribution < -0.4 is 5.32 Å². The first-order chi connectivity index (χ1) is 11.8. The van der Waals surface area contributed by atoms with Crippen LogP contribution in [0.3, 0.4) is 0 Å². The number of rotatable bonds is 5. The highest BCUT2D eigenvalue weighted by atomic mass is 35.5. The molecule has 0 radical (unpaired) electrons. The monoisotopic (exact) mass is 375 g/mol. The van der Waals surface area contributed by atoms with E-state index >= 15 is 0 Å². The maximum atomic E-state index is 12.4. The SMILES string of the molecule is Cc1ccc(C#N)c(SC(C)C(=O)Nc2cc(C(=O)O)ccc2Cl)n1. The number of amides is 1. The van der Waals surface area contributed by atoms with Crippen molar-refractivity contribution in [3.8, 4) is 6.07 Å². The number of aromatic carboxylic acids is 1. The second-order valence-corrected chi connectivity index (χ2v) is 6.90. The van der Waals surface area contributed by atoms with Crippen LogP contribution in [0.5, 0.6) is 0 Å². The average Bonchev–Trinajstić information content (AvgIpc) is 2.56. The smallest absolute Gasteiger partial charge is 0.335 e. The van der Waals surface area contributed by atoms with E-state index in [0.717, 1.165) is 17.5 Å². The summed E-state index contributed by atoms with van der Waals surface area (Å²) in [6.07, 6.45) is 0. The van der Waals surface area contributed by atoms with Gasteiger partial charge < -0.3 is 10.4 Å². The summed E-state index contributed by atoms with van der Waals surface area (Å²) in [5.41, 5.74) is 1.37. The summed E-state index contributed by atoms with van der Waals surface area (Å²) in [6.45, 7) is 3.47. The van der Waals surface area contributed by atoms with Gasteiger partial charge in [-0.2, -0.15) is 5.26 Å². The number of nitrogens with one attached hydrogen (secondary N) is 1. The van der Waals surface area contributed by atoms with Gasteiger partial charge in [0.15, 0.2) is 0 Å². The molecule has 0 aliphatic carbocycles. The molecular weight excluding hydrogens is 362 g/mol. The molecule has 1 aromatic carbocycles. The van der Waals surface area contributed by atoms with Crippen molar-refractivity contribution in [2.45, 2.75) is 24.1 Å². The Morgan fingerprint density at radius 2 is 2.08 bits per heavy atom. The third kappa shape index (κ3) is 4.72. The summed E-state index contributed by atoms with van der Waals surface area (Å²) in [5, 5.41) is 20.9. The fourth-order valence-corrected chi connectivity index (χ4v) is 3.02. The number of nitrogens with zero attached hydrogens (tertiary/aromatic N) is 2. The number of thioether (sulfide) groups is 1. The fraction of sp³-hybridized carbons (Fsp3) is 0.176. The highest BCUT2D eigenvalue weighted by Gasteiger charge is 2.19. The normalized spacial score (nSPS) is 11.4. The van der Waals surface area contributed by atoms with Crippen molar-refractivity contribution < 1.29 is 14.7 Å². The number of carboxylic acids is 1. The van der Waals surface area contributed by atoms with Crippen LogP contribution in [0, 0.1) is 18.3 Å². The van der Waals surface area contributed by atoms with Gasteiger partial charge in [0.1, 0.15) is 11.1 Å². The van der Waals surface area contributed by atoms with E-state index < -0.39 is 11.2 Å². The predicted octanol–water partition coefficient (Wildman–Crippen LogP) is 3.73. The lowest BCUT2D eigenvalue weighted by Gasteiger charge is -2.14. The molecule has 1 atom stereocenters. The molecule has 0 bridgehead atoms. The lowest BCUT2D eigenvalue weighted by molar-refractivity contribution is -0.115. The van der Waals surface area contributed by atoms with Crippen molar-refractivity contribution >= 4 is 40.9 Å². The third-order valence-electron chi connectivity index (χ3n) is 3.25. The van der Waals surface area contributed by atoms with Crippen molar-refractivity contribution in [1.29, 1.82) is 5.26 Å². The van der Waals surface area contributed by atoms with Crippen LogP contribution >= 0.6 is 23.4 Å². The number of aryl methyl sites for hydroxylation is 1. The zero-order valence-electron chi connectivity index (χ0n) is 13.4. The molecule has 128 valence electrons. The summed E-state index contributed by atoms with van der Waals surface area (Å²) >= 11 is 7.16. The Bertz CT molecular complexity index is 880. The van der Waals surface area contributed by atoms with E-state index in [1.165, 1.54) is 18.2 Å². The quantitative estimate of drug-likeness (QED) is 0.772. The summed E-state index contributed by atoms with van der Waals surface area (Å²) in [5.74, 6) is -1.49. The molecular formula is C17H14ClN3O3S. The van der Waals surface area contributed by atoms with Gasteiger partial charge in [-0.25, -0.2) is 9.78 Å². The molecule has 6 nitrogen and oxygen atoms in total. The molecule has 0 aliphatic rings. The number of halogens is 1. The number of carboxylic acid groups (broad SMARTS) is 1. The highest BCUT2D eigenvalue weighted by Crippen LogP contribution is 2.28. The third-order valence-corrected chi connectivity index (χ3v) is 4.68. The largest absolute Gasteiger partial charge is 0.478 e. The number of anilines is 1. The molecule has 0 spiro atoms. The van der Waals surface area contributed by atoms with Crippen molar-refractivity contribution in [3.05, 3.63) is 52.2 Å². The molecule has 8 heteroatoms. The molecule has 1 heterocycles. The number of hydrogen-bond acceptors (Lipinski definition) is 5. The number of nitriles is 1. The number of benzene rings is 1. The van der Waals surface area contributed by atoms with E-state index in [-0.39, 0.29) is 22.2 Å². The molecule has 0 fully saturated rings. The molecule has 2 rings (SSSR count). The van der Waals surface area contributed by atoms with Gasteiger partial charge in [-0.15, -0.1) is 0 Å². The van der Waals surface area contributed by atoms with Crippen LogP contribution in [-0.2, 0) is 4.79 Å². The summed E-state index contributed by atoms with van der Waals surface area (Å²) in [6, 6.07) is 9.49. The maximum absolute atomic E-state index is 12.4. The van der Waals surface area contributed by atoms with Gasteiger partial charge in [-0.1, -0.05) is 23.4 Å². The van der Waals surface area contributed by atoms with Gasteiger partial charge in [0.25, 0.3) is 0 Å². The Kier molecular flexibility index (Phi) is 6.02. The summed E-state index contributed by atoms with van der Waals surface area (Å²) < 4.78 is 0. The van der Waals surface area contributed by atoms with Crippen LogP contribution in [-0.4, -0.2) is 27.2 Å². The zero-order valence-corrected chi connectivity index (χ0v) is 15.0. The number of aromatic nitrogens is 1. The second kappa shape index (κ2) is 8.01. The molecule has 25 heavy (non-hydrogen) atoms. The van der Waals surface area contributed by atoms with Gasteiger partial charge in [0.2, 0.25) is 5.91 Å². The van der Waals surface area contributed by atoms with Gasteiger partial charge in [0, 0.05) is 5.69 Å². The Hall–Kier alpha value is -2.56. The number of carbonyl (C=O) groups is 2. The van der Waals surface area contributed by atoms with Crippen molar-refractivity contribution in [1.82, 2.24) is 4.98 Å². The Morgan fingerprint density at radius 1 is 1.36 bits per heavy atom. The second-order valence-electron chi connectivity index (χ2n) is 5.17. The number of hydrogen-bond donors (Lipinski definition) is 2. The summed E-state index contributed by atoms with van der Waals surface area (Å²) in [4.78, 5) is 27.7. The van der Waals surface area contributed by atoms with Crippen LogP contribution in [0.15, 0.2) is 35.4 Å².